The lowest BCUT2D eigenvalue weighted by atomic mass is 10.0. The van der Waals surface area contributed by atoms with Gasteiger partial charge in [-0.3, -0.25) is 4.98 Å². The van der Waals surface area contributed by atoms with Gasteiger partial charge in [0.05, 0.1) is 12.4 Å². The summed E-state index contributed by atoms with van der Waals surface area (Å²) in [4.78, 5) is 11.2. The normalized spacial score (nSPS) is 20.2. The van der Waals surface area contributed by atoms with Gasteiger partial charge in [-0.25, -0.2) is 4.98 Å². The molecule has 1 aliphatic rings. The fourth-order valence-electron chi connectivity index (χ4n) is 2.41. The molecule has 1 aliphatic heterocycles. The van der Waals surface area contributed by atoms with Crippen LogP contribution in [0.5, 0.6) is 0 Å². The van der Waals surface area contributed by atoms with E-state index in [9.17, 15) is 0 Å². The number of rotatable bonds is 6. The molecule has 1 aromatic heterocycles. The molecule has 2 heterocycles. The van der Waals surface area contributed by atoms with Gasteiger partial charge in [0.1, 0.15) is 11.6 Å². The van der Waals surface area contributed by atoms with Crippen LogP contribution in [0.15, 0.2) is 12.4 Å². The van der Waals surface area contributed by atoms with Gasteiger partial charge in [-0.1, -0.05) is 13.3 Å². The first kappa shape index (κ1) is 14.1. The minimum absolute atomic E-state index is 0.614. The molecule has 2 N–H and O–H groups in total. The van der Waals surface area contributed by atoms with E-state index < -0.39 is 0 Å². The first-order valence-electron chi connectivity index (χ1n) is 7.29. The molecule has 0 spiro atoms. The predicted octanol–water partition coefficient (Wildman–Crippen LogP) is 2.19. The molecule has 0 amide bonds. The Morgan fingerprint density at radius 2 is 2.05 bits per heavy atom. The molecule has 19 heavy (non-hydrogen) atoms. The third-order valence-corrected chi connectivity index (χ3v) is 3.63. The van der Waals surface area contributed by atoms with Gasteiger partial charge in [0.25, 0.3) is 0 Å². The van der Waals surface area contributed by atoms with Crippen LogP contribution in [-0.2, 0) is 0 Å². The summed E-state index contributed by atoms with van der Waals surface area (Å²) in [5.41, 5.74) is 0. The van der Waals surface area contributed by atoms with Gasteiger partial charge in [-0.05, 0) is 32.9 Å². The summed E-state index contributed by atoms with van der Waals surface area (Å²) in [6.07, 6.45) is 8.58. The van der Waals surface area contributed by atoms with E-state index in [1.165, 1.54) is 25.8 Å². The second-order valence-corrected chi connectivity index (χ2v) is 5.23. The Bertz CT molecular complexity index is 382. The fraction of sp³-hybridized carbons (Fsp3) is 0.714. The molecule has 1 saturated heterocycles. The number of hydrogen-bond donors (Lipinski definition) is 2. The molecular weight excluding hydrogens is 238 g/mol. The maximum Gasteiger partial charge on any atom is 0.147 e. The number of hydrogen-bond acceptors (Lipinski definition) is 5. The molecule has 5 heteroatoms. The smallest absolute Gasteiger partial charge is 0.147 e. The highest BCUT2D eigenvalue weighted by atomic mass is 15.2. The summed E-state index contributed by atoms with van der Waals surface area (Å²) in [5.74, 6) is 1.71. The van der Waals surface area contributed by atoms with Crippen LogP contribution < -0.4 is 10.6 Å². The summed E-state index contributed by atoms with van der Waals surface area (Å²) in [7, 11) is 2.20. The van der Waals surface area contributed by atoms with Crippen LogP contribution in [0, 0.1) is 0 Å². The summed E-state index contributed by atoms with van der Waals surface area (Å²) < 4.78 is 0. The third kappa shape index (κ3) is 4.35. The minimum Gasteiger partial charge on any atom is -0.369 e. The van der Waals surface area contributed by atoms with Crippen molar-refractivity contribution in [3.8, 4) is 0 Å². The molecular formula is C14H25N5. The molecule has 0 bridgehead atoms. The lowest BCUT2D eigenvalue weighted by molar-refractivity contribution is 0.194. The van der Waals surface area contributed by atoms with Gasteiger partial charge in [0.15, 0.2) is 0 Å². The van der Waals surface area contributed by atoms with Crippen LogP contribution in [0.1, 0.15) is 32.6 Å². The molecule has 2 rings (SSSR count). The molecule has 0 aliphatic carbocycles. The predicted molar refractivity (Wildman–Crippen MR) is 79.6 cm³/mol. The summed E-state index contributed by atoms with van der Waals surface area (Å²) in [5, 5.41) is 6.66. The zero-order valence-corrected chi connectivity index (χ0v) is 12.0. The van der Waals surface area contributed by atoms with E-state index in [1.54, 1.807) is 12.4 Å². The highest BCUT2D eigenvalue weighted by Crippen LogP contribution is 2.15. The highest BCUT2D eigenvalue weighted by Gasteiger charge is 2.18. The zero-order valence-electron chi connectivity index (χ0n) is 12.0. The van der Waals surface area contributed by atoms with Crippen LogP contribution in [0.25, 0.3) is 0 Å². The van der Waals surface area contributed by atoms with Crippen molar-refractivity contribution in [2.75, 3.05) is 37.3 Å². The van der Waals surface area contributed by atoms with Gasteiger partial charge in [0.2, 0.25) is 0 Å². The summed E-state index contributed by atoms with van der Waals surface area (Å²) >= 11 is 0. The van der Waals surface area contributed by atoms with E-state index in [2.05, 4.69) is 39.5 Å². The number of piperidine rings is 1. The van der Waals surface area contributed by atoms with E-state index in [0.29, 0.717) is 6.04 Å². The van der Waals surface area contributed by atoms with Gasteiger partial charge in [-0.2, -0.15) is 0 Å². The van der Waals surface area contributed by atoms with Gasteiger partial charge < -0.3 is 15.5 Å². The second kappa shape index (κ2) is 7.28. The van der Waals surface area contributed by atoms with E-state index in [1.807, 2.05) is 0 Å². The first-order chi connectivity index (χ1) is 9.29. The van der Waals surface area contributed by atoms with Crippen molar-refractivity contribution in [3.05, 3.63) is 12.4 Å². The van der Waals surface area contributed by atoms with Gasteiger partial charge in [-0.15, -0.1) is 0 Å². The summed E-state index contributed by atoms with van der Waals surface area (Å²) in [6, 6.07) is 0.614. The van der Waals surface area contributed by atoms with Crippen LogP contribution in [-0.4, -0.2) is 47.6 Å². The molecule has 0 saturated carbocycles. The van der Waals surface area contributed by atoms with Crippen LogP contribution in [0.3, 0.4) is 0 Å². The fourth-order valence-corrected chi connectivity index (χ4v) is 2.41. The molecule has 0 radical (unpaired) electrons. The monoisotopic (exact) mass is 263 g/mol. The average molecular weight is 263 g/mol. The van der Waals surface area contributed by atoms with Crippen LogP contribution in [0.2, 0.25) is 0 Å². The number of likely N-dealkylation sites (N-methyl/N-ethyl adjacent to an activating group) is 1. The van der Waals surface area contributed by atoms with Crippen molar-refractivity contribution in [3.63, 3.8) is 0 Å². The Morgan fingerprint density at radius 1 is 1.26 bits per heavy atom. The van der Waals surface area contributed by atoms with E-state index in [0.717, 1.165) is 31.1 Å². The first-order valence-corrected chi connectivity index (χ1v) is 7.29. The molecule has 1 unspecified atom stereocenters. The number of nitrogens with zero attached hydrogens (tertiary/aromatic N) is 3. The lowest BCUT2D eigenvalue weighted by Gasteiger charge is -2.32. The zero-order chi connectivity index (χ0) is 13.5. The molecule has 1 aromatic rings. The van der Waals surface area contributed by atoms with E-state index in [-0.39, 0.29) is 0 Å². The molecule has 5 nitrogen and oxygen atoms in total. The SMILES string of the molecule is CCCNc1cncc(NCC2CCCCN2C)n1. The average Bonchev–Trinajstić information content (AvgIpc) is 2.45. The quantitative estimate of drug-likeness (QED) is 0.824. The minimum atomic E-state index is 0.614. The van der Waals surface area contributed by atoms with E-state index in [4.69, 9.17) is 0 Å². The standard InChI is InChI=1S/C14H25N5/c1-3-7-16-13-10-15-11-14(18-13)17-9-12-6-4-5-8-19(12)2/h10-12H,3-9H2,1-2H3,(H2,16,17,18). The Morgan fingerprint density at radius 3 is 2.79 bits per heavy atom. The molecule has 1 fully saturated rings. The maximum absolute atomic E-state index is 4.52. The topological polar surface area (TPSA) is 53.1 Å². The van der Waals surface area contributed by atoms with Gasteiger partial charge in [0, 0.05) is 19.1 Å². The van der Waals surface area contributed by atoms with E-state index >= 15 is 0 Å². The number of likely N-dealkylation sites (tertiary alicyclic amines) is 1. The number of anilines is 2. The molecule has 1 atom stereocenters. The number of aromatic nitrogens is 2. The third-order valence-electron chi connectivity index (χ3n) is 3.63. The Balaban J connectivity index is 1.84. The number of nitrogens with one attached hydrogen (secondary N) is 2. The highest BCUT2D eigenvalue weighted by molar-refractivity contribution is 5.41. The van der Waals surface area contributed by atoms with Crippen molar-refractivity contribution in [1.82, 2.24) is 14.9 Å². The van der Waals surface area contributed by atoms with Crippen molar-refractivity contribution >= 4 is 11.6 Å². The van der Waals surface area contributed by atoms with Crippen LogP contribution >= 0.6 is 0 Å². The lowest BCUT2D eigenvalue weighted by Crippen LogP contribution is -2.40. The maximum atomic E-state index is 4.52. The summed E-state index contributed by atoms with van der Waals surface area (Å²) in [6.45, 7) is 5.23. The second-order valence-electron chi connectivity index (χ2n) is 5.23. The van der Waals surface area contributed by atoms with Crippen LogP contribution in [0.4, 0.5) is 11.6 Å². The Hall–Kier alpha value is -1.36. The van der Waals surface area contributed by atoms with Crippen molar-refractivity contribution in [2.24, 2.45) is 0 Å². The van der Waals surface area contributed by atoms with Gasteiger partial charge >= 0.3 is 0 Å². The molecule has 0 aromatic carbocycles. The van der Waals surface area contributed by atoms with Crippen molar-refractivity contribution in [2.45, 2.75) is 38.6 Å². The van der Waals surface area contributed by atoms with Crippen molar-refractivity contribution in [1.29, 1.82) is 0 Å². The Kier molecular flexibility index (Phi) is 5.39. The van der Waals surface area contributed by atoms with Crippen molar-refractivity contribution < 1.29 is 0 Å². The molecule has 106 valence electrons. The largest absolute Gasteiger partial charge is 0.369 e. The Labute approximate surface area is 115 Å².